The number of hydrogen-bond acceptors (Lipinski definition) is 5. The molecule has 0 unspecified atom stereocenters. The third-order valence-electron chi connectivity index (χ3n) is 3.15. The normalized spacial score (nSPS) is 17.9. The van der Waals surface area contributed by atoms with Crippen molar-refractivity contribution in [3.63, 3.8) is 0 Å². The van der Waals surface area contributed by atoms with Crippen LogP contribution in [0.2, 0.25) is 0 Å². The van der Waals surface area contributed by atoms with Gasteiger partial charge in [0.15, 0.2) is 4.96 Å². The molecule has 2 aromatic heterocycles. The lowest BCUT2D eigenvalue weighted by Gasteiger charge is -2.07. The maximum Gasteiger partial charge on any atom is 0.322 e. The molecule has 0 spiro atoms. The number of carbonyl (C=O) groups excluding carboxylic acids is 3. The first kappa shape index (κ1) is 13.6. The number of rotatable bonds is 4. The zero-order chi connectivity index (χ0) is 15.0. The molecule has 2 aromatic rings. The first-order valence-corrected chi connectivity index (χ1v) is 7.21. The van der Waals surface area contributed by atoms with Gasteiger partial charge in [-0.25, -0.2) is 9.78 Å². The Morgan fingerprint density at radius 3 is 3.00 bits per heavy atom. The monoisotopic (exact) mass is 307 g/mol. The van der Waals surface area contributed by atoms with E-state index in [1.807, 2.05) is 22.9 Å². The molecule has 1 aliphatic heterocycles. The van der Waals surface area contributed by atoms with Gasteiger partial charge in [-0.05, 0) is 6.92 Å². The lowest BCUT2D eigenvalue weighted by Crippen LogP contribution is -2.36. The third kappa shape index (κ3) is 2.72. The second-order valence-corrected chi connectivity index (χ2v) is 5.59. The highest BCUT2D eigenvalue weighted by Crippen LogP contribution is 2.15. The highest BCUT2D eigenvalue weighted by atomic mass is 32.1. The van der Waals surface area contributed by atoms with Crippen molar-refractivity contribution in [3.05, 3.63) is 23.0 Å². The number of urea groups is 1. The van der Waals surface area contributed by atoms with Gasteiger partial charge in [-0.3, -0.25) is 19.3 Å². The summed E-state index contributed by atoms with van der Waals surface area (Å²) >= 11 is 1.53. The summed E-state index contributed by atoms with van der Waals surface area (Å²) in [6.07, 6.45) is 1.78. The average molecular weight is 307 g/mol. The Balaban J connectivity index is 1.56. The molecule has 1 saturated heterocycles. The predicted molar refractivity (Wildman–Crippen MR) is 74.7 cm³/mol. The van der Waals surface area contributed by atoms with Crippen molar-refractivity contribution < 1.29 is 14.4 Å². The van der Waals surface area contributed by atoms with Gasteiger partial charge in [-0.1, -0.05) is 0 Å². The third-order valence-corrected chi connectivity index (χ3v) is 4.11. The number of aryl methyl sites for hydroxylation is 1. The van der Waals surface area contributed by atoms with E-state index in [1.165, 1.54) is 11.3 Å². The molecule has 8 nitrogen and oxygen atoms in total. The van der Waals surface area contributed by atoms with Gasteiger partial charge in [-0.2, -0.15) is 0 Å². The van der Waals surface area contributed by atoms with Gasteiger partial charge in [0.05, 0.1) is 18.7 Å². The van der Waals surface area contributed by atoms with Crippen LogP contribution < -0.4 is 16.0 Å². The molecule has 4 amide bonds. The van der Waals surface area contributed by atoms with E-state index < -0.39 is 18.0 Å². The van der Waals surface area contributed by atoms with Crippen molar-refractivity contribution in [1.29, 1.82) is 0 Å². The van der Waals surface area contributed by atoms with Crippen molar-refractivity contribution in [3.8, 4) is 0 Å². The molecule has 3 rings (SSSR count). The molecule has 0 bridgehead atoms. The van der Waals surface area contributed by atoms with Crippen LogP contribution in [0, 0.1) is 6.92 Å². The number of fused-ring (bicyclic) bond motifs is 1. The predicted octanol–water partition coefficient (Wildman–Crippen LogP) is -0.0815. The Morgan fingerprint density at radius 2 is 2.33 bits per heavy atom. The molecule has 21 heavy (non-hydrogen) atoms. The fourth-order valence-corrected chi connectivity index (χ4v) is 2.94. The van der Waals surface area contributed by atoms with E-state index >= 15 is 0 Å². The van der Waals surface area contributed by atoms with E-state index in [-0.39, 0.29) is 18.9 Å². The lowest BCUT2D eigenvalue weighted by atomic mass is 10.2. The summed E-state index contributed by atoms with van der Waals surface area (Å²) < 4.78 is 1.96. The number of aromatic nitrogens is 2. The molecule has 1 aliphatic rings. The molecule has 0 radical (unpaired) electrons. The minimum Gasteiger partial charge on any atom is -0.350 e. The van der Waals surface area contributed by atoms with Gasteiger partial charge in [0.25, 0.3) is 5.91 Å². The standard InChI is InChI=1S/C12H13N5O3S/c1-6-5-21-12-14-7(4-17(6)12)3-13-9(18)2-8-10(19)16-11(20)15-8/h4-5,8H,2-3H2,1H3,(H,13,18)(H2,15,16,19,20)/t8-/m1/s1. The Kier molecular flexibility index (Phi) is 3.34. The van der Waals surface area contributed by atoms with E-state index in [2.05, 4.69) is 20.9 Å². The molecule has 9 heteroatoms. The Hall–Kier alpha value is -2.42. The van der Waals surface area contributed by atoms with Crippen LogP contribution in [-0.2, 0) is 16.1 Å². The molecule has 0 aromatic carbocycles. The zero-order valence-electron chi connectivity index (χ0n) is 11.2. The van der Waals surface area contributed by atoms with E-state index in [1.54, 1.807) is 0 Å². The summed E-state index contributed by atoms with van der Waals surface area (Å²) in [6, 6.07) is -1.37. The average Bonchev–Trinajstić information content (AvgIpc) is 3.06. The summed E-state index contributed by atoms with van der Waals surface area (Å²) in [6.45, 7) is 2.27. The van der Waals surface area contributed by atoms with Gasteiger partial charge in [0, 0.05) is 17.3 Å². The van der Waals surface area contributed by atoms with E-state index in [4.69, 9.17) is 0 Å². The maximum absolute atomic E-state index is 11.8. The van der Waals surface area contributed by atoms with Crippen LogP contribution in [-0.4, -0.2) is 33.3 Å². The number of nitrogens with one attached hydrogen (secondary N) is 3. The topological polar surface area (TPSA) is 105 Å². The number of thiazole rings is 1. The van der Waals surface area contributed by atoms with Crippen LogP contribution in [0.25, 0.3) is 4.96 Å². The SMILES string of the molecule is Cc1csc2nc(CNC(=O)C[C@H]3NC(=O)NC3=O)cn12. The van der Waals surface area contributed by atoms with Gasteiger partial charge in [0.2, 0.25) is 5.91 Å². The summed E-state index contributed by atoms with van der Waals surface area (Å²) in [5.41, 5.74) is 1.84. The summed E-state index contributed by atoms with van der Waals surface area (Å²) in [5.74, 6) is -0.793. The Morgan fingerprint density at radius 1 is 1.52 bits per heavy atom. The van der Waals surface area contributed by atoms with E-state index in [0.717, 1.165) is 16.3 Å². The Labute approximate surface area is 123 Å². The number of hydrogen-bond donors (Lipinski definition) is 3. The van der Waals surface area contributed by atoms with Crippen LogP contribution in [0.15, 0.2) is 11.6 Å². The van der Waals surface area contributed by atoms with Crippen LogP contribution in [0.3, 0.4) is 0 Å². The second kappa shape index (κ2) is 5.17. The first-order chi connectivity index (χ1) is 10.0. The fraction of sp³-hybridized carbons (Fsp3) is 0.333. The summed E-state index contributed by atoms with van der Waals surface area (Å²) in [5, 5.41) is 9.16. The quantitative estimate of drug-likeness (QED) is 0.687. The van der Waals surface area contributed by atoms with Gasteiger partial charge in [0.1, 0.15) is 6.04 Å². The highest BCUT2D eigenvalue weighted by Gasteiger charge is 2.31. The molecule has 3 heterocycles. The molecular weight excluding hydrogens is 294 g/mol. The Bertz CT molecular complexity index is 734. The van der Waals surface area contributed by atoms with Crippen molar-refractivity contribution >= 4 is 34.1 Å². The molecule has 0 aliphatic carbocycles. The van der Waals surface area contributed by atoms with E-state index in [9.17, 15) is 14.4 Å². The molecule has 1 fully saturated rings. The summed E-state index contributed by atoms with van der Waals surface area (Å²) in [7, 11) is 0. The number of imide groups is 1. The van der Waals surface area contributed by atoms with Crippen molar-refractivity contribution in [1.82, 2.24) is 25.3 Å². The van der Waals surface area contributed by atoms with Crippen molar-refractivity contribution in [2.75, 3.05) is 0 Å². The number of imidazole rings is 1. The maximum atomic E-state index is 11.8. The smallest absolute Gasteiger partial charge is 0.322 e. The molecular formula is C12H13N5O3S. The number of nitrogens with zero attached hydrogens (tertiary/aromatic N) is 2. The molecule has 0 saturated carbocycles. The fourth-order valence-electron chi connectivity index (χ4n) is 2.07. The number of amides is 4. The van der Waals surface area contributed by atoms with Gasteiger partial charge in [-0.15, -0.1) is 11.3 Å². The van der Waals surface area contributed by atoms with Crippen LogP contribution >= 0.6 is 11.3 Å². The van der Waals surface area contributed by atoms with Crippen molar-refractivity contribution in [2.24, 2.45) is 0 Å². The first-order valence-electron chi connectivity index (χ1n) is 6.33. The van der Waals surface area contributed by atoms with E-state index in [0.29, 0.717) is 0 Å². The minimum absolute atomic E-state index is 0.0845. The zero-order valence-corrected chi connectivity index (χ0v) is 12.0. The molecule has 3 N–H and O–H groups in total. The van der Waals surface area contributed by atoms with Crippen LogP contribution in [0.1, 0.15) is 17.8 Å². The van der Waals surface area contributed by atoms with Gasteiger partial charge < -0.3 is 10.6 Å². The van der Waals surface area contributed by atoms with Crippen molar-refractivity contribution in [2.45, 2.75) is 25.9 Å². The summed E-state index contributed by atoms with van der Waals surface area (Å²) in [4.78, 5) is 39.3. The van der Waals surface area contributed by atoms with Gasteiger partial charge >= 0.3 is 6.03 Å². The molecule has 1 atom stereocenters. The molecule has 110 valence electrons. The minimum atomic E-state index is -0.801. The largest absolute Gasteiger partial charge is 0.350 e. The van der Waals surface area contributed by atoms with Crippen LogP contribution in [0.5, 0.6) is 0 Å². The lowest BCUT2D eigenvalue weighted by molar-refractivity contribution is -0.126. The van der Waals surface area contributed by atoms with Crippen LogP contribution in [0.4, 0.5) is 4.79 Å². The highest BCUT2D eigenvalue weighted by molar-refractivity contribution is 7.15. The second-order valence-electron chi connectivity index (χ2n) is 4.76. The number of carbonyl (C=O) groups is 3.